The van der Waals surface area contributed by atoms with Crippen molar-refractivity contribution in [1.29, 1.82) is 5.26 Å². The first-order valence-corrected chi connectivity index (χ1v) is 4.82. The maximum absolute atomic E-state index is 12.8. The molecular weight excluding hydrogens is 215 g/mol. The zero-order valence-corrected chi connectivity index (χ0v) is 8.98. The second-order valence-electron chi connectivity index (χ2n) is 2.98. The molecule has 0 aliphatic rings. The summed E-state index contributed by atoms with van der Waals surface area (Å²) in [4.78, 5) is 0. The summed E-state index contributed by atoms with van der Waals surface area (Å²) < 4.78 is 12.8. The van der Waals surface area contributed by atoms with Gasteiger partial charge in [-0.05, 0) is 24.6 Å². The van der Waals surface area contributed by atoms with Crippen LogP contribution in [0.5, 0.6) is 0 Å². The van der Waals surface area contributed by atoms with Gasteiger partial charge in [-0.15, -0.1) is 0 Å². The van der Waals surface area contributed by atoms with Gasteiger partial charge in [-0.3, -0.25) is 0 Å². The predicted octanol–water partition coefficient (Wildman–Crippen LogP) is 3.08. The van der Waals surface area contributed by atoms with Crippen LogP contribution in [0.25, 0.3) is 5.70 Å². The summed E-state index contributed by atoms with van der Waals surface area (Å²) in [5, 5.41) is 9.01. The van der Waals surface area contributed by atoms with Crippen LogP contribution >= 0.6 is 11.6 Å². The molecule has 2 nitrogen and oxygen atoms in total. The lowest BCUT2D eigenvalue weighted by Crippen LogP contribution is -2.01. The van der Waals surface area contributed by atoms with Crippen LogP contribution in [0.4, 0.5) is 4.39 Å². The Balaban J connectivity index is 3.29. The van der Waals surface area contributed by atoms with Gasteiger partial charge in [-0.2, -0.15) is 5.26 Å². The molecule has 2 N–H and O–H groups in total. The van der Waals surface area contributed by atoms with Crippen LogP contribution in [0, 0.1) is 17.1 Å². The molecule has 0 aliphatic carbocycles. The Hall–Kier alpha value is -1.53. The van der Waals surface area contributed by atoms with Gasteiger partial charge in [0.15, 0.2) is 0 Å². The van der Waals surface area contributed by atoms with E-state index >= 15 is 0 Å². The molecule has 1 aromatic carbocycles. The van der Waals surface area contributed by atoms with Gasteiger partial charge in [-0.1, -0.05) is 18.5 Å². The van der Waals surface area contributed by atoms with E-state index in [2.05, 4.69) is 0 Å². The molecule has 0 heterocycles. The minimum Gasteiger partial charge on any atom is -0.397 e. The first kappa shape index (κ1) is 11.5. The Morgan fingerprint density at radius 2 is 2.27 bits per heavy atom. The maximum atomic E-state index is 12.8. The van der Waals surface area contributed by atoms with E-state index in [1.165, 1.54) is 18.2 Å². The van der Waals surface area contributed by atoms with E-state index in [1.807, 2.05) is 13.0 Å². The van der Waals surface area contributed by atoms with E-state index in [9.17, 15) is 4.39 Å². The molecule has 0 atom stereocenters. The fraction of sp³-hybridized carbons (Fsp3) is 0.182. The zero-order valence-electron chi connectivity index (χ0n) is 8.22. The van der Waals surface area contributed by atoms with Gasteiger partial charge in [0.1, 0.15) is 5.82 Å². The van der Waals surface area contributed by atoms with Gasteiger partial charge in [0.25, 0.3) is 0 Å². The van der Waals surface area contributed by atoms with Crippen molar-refractivity contribution >= 4 is 17.3 Å². The molecule has 0 spiro atoms. The van der Waals surface area contributed by atoms with Crippen molar-refractivity contribution in [3.63, 3.8) is 0 Å². The minimum atomic E-state index is -0.424. The van der Waals surface area contributed by atoms with E-state index in [1.54, 1.807) is 0 Å². The number of benzene rings is 1. The first-order valence-electron chi connectivity index (χ1n) is 4.44. The molecule has 0 aromatic heterocycles. The average Bonchev–Trinajstić information content (AvgIpc) is 2.19. The molecule has 0 aliphatic heterocycles. The van der Waals surface area contributed by atoms with Gasteiger partial charge in [0.2, 0.25) is 0 Å². The predicted molar refractivity (Wildman–Crippen MR) is 58.4 cm³/mol. The monoisotopic (exact) mass is 224 g/mol. The Kier molecular flexibility index (Phi) is 3.70. The number of allylic oxidation sites excluding steroid dienone is 1. The lowest BCUT2D eigenvalue weighted by atomic mass is 10.1. The van der Waals surface area contributed by atoms with Crippen LogP contribution in [0.15, 0.2) is 23.8 Å². The van der Waals surface area contributed by atoms with Crippen molar-refractivity contribution in [2.45, 2.75) is 13.3 Å². The molecule has 0 saturated carbocycles. The summed E-state index contributed by atoms with van der Waals surface area (Å²) in [5.74, 6) is -0.424. The fourth-order valence-electron chi connectivity index (χ4n) is 1.20. The lowest BCUT2D eigenvalue weighted by Gasteiger charge is -2.06. The standard InChI is InChI=1S/C11H10ClFN2/c1-2-7(6-14)11(15)9-4-3-8(13)5-10(9)12/h3-5H,2,15H2,1H3/b11-7-. The molecule has 0 bridgehead atoms. The van der Waals surface area contributed by atoms with E-state index in [0.29, 0.717) is 23.3 Å². The Morgan fingerprint density at radius 1 is 1.60 bits per heavy atom. The van der Waals surface area contributed by atoms with Gasteiger partial charge >= 0.3 is 0 Å². The van der Waals surface area contributed by atoms with E-state index in [4.69, 9.17) is 22.6 Å². The topological polar surface area (TPSA) is 49.8 Å². The van der Waals surface area contributed by atoms with Gasteiger partial charge in [0.05, 0.1) is 22.4 Å². The Morgan fingerprint density at radius 3 is 2.73 bits per heavy atom. The van der Waals surface area contributed by atoms with E-state index in [-0.39, 0.29) is 5.02 Å². The SMILES string of the molecule is CC/C(C#N)=C(/N)c1ccc(F)cc1Cl. The van der Waals surface area contributed by atoms with Crippen LogP contribution in [-0.2, 0) is 0 Å². The molecule has 0 radical (unpaired) electrons. The number of hydrogen-bond donors (Lipinski definition) is 1. The molecule has 0 unspecified atom stereocenters. The molecular formula is C11H10ClFN2. The molecule has 78 valence electrons. The molecule has 0 amide bonds. The number of nitriles is 1. The van der Waals surface area contributed by atoms with Crippen LogP contribution in [0.2, 0.25) is 5.02 Å². The summed E-state index contributed by atoms with van der Waals surface area (Å²) in [5.41, 5.74) is 7.02. The van der Waals surface area contributed by atoms with Gasteiger partial charge in [0, 0.05) is 5.56 Å². The Bertz CT molecular complexity index is 446. The van der Waals surface area contributed by atoms with Crippen LogP contribution < -0.4 is 5.73 Å². The number of rotatable bonds is 2. The molecule has 4 heteroatoms. The maximum Gasteiger partial charge on any atom is 0.124 e. The third-order valence-corrected chi connectivity index (χ3v) is 2.35. The smallest absolute Gasteiger partial charge is 0.124 e. The highest BCUT2D eigenvalue weighted by atomic mass is 35.5. The van der Waals surface area contributed by atoms with Crippen molar-refractivity contribution < 1.29 is 4.39 Å². The number of nitrogens with two attached hydrogens (primary N) is 1. The largest absolute Gasteiger partial charge is 0.397 e. The summed E-state index contributed by atoms with van der Waals surface area (Å²) in [6.07, 6.45) is 0.524. The number of halogens is 2. The van der Waals surface area contributed by atoms with Crippen LogP contribution in [0.3, 0.4) is 0 Å². The second kappa shape index (κ2) is 4.81. The summed E-state index contributed by atoms with van der Waals surface area (Å²) in [7, 11) is 0. The lowest BCUT2D eigenvalue weighted by molar-refractivity contribution is 0.628. The minimum absolute atomic E-state index is 0.216. The second-order valence-corrected chi connectivity index (χ2v) is 3.39. The average molecular weight is 225 g/mol. The van der Waals surface area contributed by atoms with Gasteiger partial charge in [-0.25, -0.2) is 4.39 Å². The van der Waals surface area contributed by atoms with Crippen molar-refractivity contribution in [2.24, 2.45) is 5.73 Å². The van der Waals surface area contributed by atoms with Crippen molar-refractivity contribution in [2.75, 3.05) is 0 Å². The Labute approximate surface area is 92.8 Å². The highest BCUT2D eigenvalue weighted by Gasteiger charge is 2.08. The van der Waals surface area contributed by atoms with Gasteiger partial charge < -0.3 is 5.73 Å². The van der Waals surface area contributed by atoms with Crippen molar-refractivity contribution in [3.05, 3.63) is 40.2 Å². The highest BCUT2D eigenvalue weighted by molar-refractivity contribution is 6.32. The quantitative estimate of drug-likeness (QED) is 0.785. The van der Waals surface area contributed by atoms with Crippen LogP contribution in [-0.4, -0.2) is 0 Å². The molecule has 15 heavy (non-hydrogen) atoms. The van der Waals surface area contributed by atoms with E-state index in [0.717, 1.165) is 0 Å². The fourth-order valence-corrected chi connectivity index (χ4v) is 1.47. The number of hydrogen-bond acceptors (Lipinski definition) is 2. The normalized spacial score (nSPS) is 11.9. The summed E-state index contributed by atoms with van der Waals surface area (Å²) in [6, 6.07) is 5.90. The van der Waals surface area contributed by atoms with Crippen molar-refractivity contribution in [1.82, 2.24) is 0 Å². The third kappa shape index (κ3) is 2.48. The summed E-state index contributed by atoms with van der Waals surface area (Å²) >= 11 is 5.82. The number of nitrogens with zero attached hydrogens (tertiary/aromatic N) is 1. The van der Waals surface area contributed by atoms with Crippen molar-refractivity contribution in [3.8, 4) is 6.07 Å². The molecule has 1 aromatic rings. The third-order valence-electron chi connectivity index (χ3n) is 2.03. The first-order chi connectivity index (χ1) is 7.10. The zero-order chi connectivity index (χ0) is 11.4. The molecule has 0 saturated heterocycles. The van der Waals surface area contributed by atoms with E-state index < -0.39 is 5.82 Å². The molecule has 0 fully saturated rings. The van der Waals surface area contributed by atoms with Crippen LogP contribution in [0.1, 0.15) is 18.9 Å². The summed E-state index contributed by atoms with van der Waals surface area (Å²) in [6.45, 7) is 1.82. The molecule has 1 rings (SSSR count). The highest BCUT2D eigenvalue weighted by Crippen LogP contribution is 2.24.